The summed E-state index contributed by atoms with van der Waals surface area (Å²) in [5.74, 6) is -3.03. The van der Waals surface area contributed by atoms with E-state index in [1.165, 1.54) is 4.90 Å². The van der Waals surface area contributed by atoms with Gasteiger partial charge in [0.2, 0.25) is 0 Å². The van der Waals surface area contributed by atoms with Crippen molar-refractivity contribution in [3.05, 3.63) is 59.1 Å². The Hall–Kier alpha value is -2.94. The zero-order chi connectivity index (χ0) is 24.7. The predicted octanol–water partition coefficient (Wildman–Crippen LogP) is 2.10. The zero-order valence-electron chi connectivity index (χ0n) is 18.7. The highest BCUT2D eigenvalue weighted by molar-refractivity contribution is 6.35. The number of hydrogen-bond donors (Lipinski definition) is 4. The van der Waals surface area contributed by atoms with Crippen LogP contribution >= 0.6 is 11.6 Å². The van der Waals surface area contributed by atoms with Gasteiger partial charge in [-0.15, -0.1) is 0 Å². The van der Waals surface area contributed by atoms with E-state index < -0.39 is 29.9 Å². The largest absolute Gasteiger partial charge is 0.479 e. The summed E-state index contributed by atoms with van der Waals surface area (Å²) in [6.07, 6.45) is -0.201. The second kappa shape index (κ2) is 12.0. The normalized spacial score (nSPS) is 17.6. The van der Waals surface area contributed by atoms with Gasteiger partial charge in [-0.3, -0.25) is 9.59 Å². The molecule has 182 valence electrons. The van der Waals surface area contributed by atoms with Crippen molar-refractivity contribution in [3.8, 4) is 11.1 Å². The highest BCUT2D eigenvalue weighted by Crippen LogP contribution is 2.23. The third kappa shape index (κ3) is 7.03. The van der Waals surface area contributed by atoms with Gasteiger partial charge in [-0.1, -0.05) is 48.0 Å². The van der Waals surface area contributed by atoms with Gasteiger partial charge >= 0.3 is 17.8 Å². The average molecular weight is 489 g/mol. The number of hydrogen-bond acceptors (Lipinski definition) is 5. The molecule has 9 heteroatoms. The number of amides is 2. The van der Waals surface area contributed by atoms with Gasteiger partial charge < -0.3 is 25.5 Å². The molecule has 0 radical (unpaired) electrons. The van der Waals surface area contributed by atoms with E-state index >= 15 is 0 Å². The summed E-state index contributed by atoms with van der Waals surface area (Å²) in [5, 5.41) is 31.6. The third-order valence-corrected chi connectivity index (χ3v) is 6.22. The van der Waals surface area contributed by atoms with Gasteiger partial charge in [0.1, 0.15) is 0 Å². The van der Waals surface area contributed by atoms with Crippen molar-refractivity contribution in [3.63, 3.8) is 0 Å². The van der Waals surface area contributed by atoms with Crippen LogP contribution in [0, 0.1) is 5.92 Å². The van der Waals surface area contributed by atoms with Gasteiger partial charge in [0.15, 0.2) is 6.10 Å². The van der Waals surface area contributed by atoms with Crippen molar-refractivity contribution in [2.45, 2.75) is 37.8 Å². The molecule has 4 N–H and O–H groups in total. The summed E-state index contributed by atoms with van der Waals surface area (Å²) in [6, 6.07) is 14.1. The van der Waals surface area contributed by atoms with Crippen LogP contribution in [0.25, 0.3) is 11.1 Å². The van der Waals surface area contributed by atoms with Crippen molar-refractivity contribution >= 4 is 29.4 Å². The third-order valence-electron chi connectivity index (χ3n) is 5.98. The van der Waals surface area contributed by atoms with Crippen molar-refractivity contribution in [1.82, 2.24) is 10.2 Å². The van der Waals surface area contributed by atoms with E-state index in [9.17, 15) is 24.6 Å². The monoisotopic (exact) mass is 488 g/mol. The number of halogens is 1. The van der Waals surface area contributed by atoms with Crippen molar-refractivity contribution in [1.29, 1.82) is 0 Å². The van der Waals surface area contributed by atoms with Crippen molar-refractivity contribution in [2.75, 3.05) is 19.7 Å². The first-order valence-corrected chi connectivity index (χ1v) is 11.6. The summed E-state index contributed by atoms with van der Waals surface area (Å²) < 4.78 is 0. The molecule has 0 aromatic heterocycles. The Kier molecular flexibility index (Phi) is 9.04. The number of benzene rings is 2. The fourth-order valence-electron chi connectivity index (χ4n) is 4.14. The van der Waals surface area contributed by atoms with Crippen LogP contribution in [0.2, 0.25) is 5.02 Å². The number of likely N-dealkylation sites (tertiary alicyclic amines) is 1. The number of nitrogens with one attached hydrogen (secondary N) is 1. The van der Waals surface area contributed by atoms with Gasteiger partial charge in [-0.05, 0) is 54.0 Å². The molecule has 2 aromatic rings. The lowest BCUT2D eigenvalue weighted by Crippen LogP contribution is -2.51. The SMILES string of the molecule is O=C(N[C@H](Cc1ccc(-c2cccc(Cl)c2)cc1)C[C@@H](O)C(=O)O)C(=O)N1CCCC(CO)C1. The molecular formula is C25H29ClN2O6. The van der Waals surface area contributed by atoms with Gasteiger partial charge in [-0.2, -0.15) is 0 Å². The minimum Gasteiger partial charge on any atom is -0.479 e. The molecule has 0 bridgehead atoms. The molecule has 1 heterocycles. The first-order valence-electron chi connectivity index (χ1n) is 11.2. The van der Waals surface area contributed by atoms with E-state index in [2.05, 4.69) is 5.32 Å². The van der Waals surface area contributed by atoms with E-state index in [1.807, 2.05) is 42.5 Å². The molecular weight excluding hydrogens is 460 g/mol. The van der Waals surface area contributed by atoms with E-state index in [1.54, 1.807) is 6.07 Å². The molecule has 1 aliphatic rings. The molecule has 1 saturated heterocycles. The Morgan fingerprint density at radius 3 is 2.50 bits per heavy atom. The lowest BCUT2D eigenvalue weighted by atomic mass is 9.97. The summed E-state index contributed by atoms with van der Waals surface area (Å²) in [4.78, 5) is 37.9. The predicted molar refractivity (Wildman–Crippen MR) is 127 cm³/mol. The fourth-order valence-corrected chi connectivity index (χ4v) is 4.33. The summed E-state index contributed by atoms with van der Waals surface area (Å²) in [6.45, 7) is 0.677. The fraction of sp³-hybridized carbons (Fsp3) is 0.400. The Balaban J connectivity index is 1.69. The van der Waals surface area contributed by atoms with Gasteiger partial charge in [-0.25, -0.2) is 4.79 Å². The molecule has 34 heavy (non-hydrogen) atoms. The Morgan fingerprint density at radius 1 is 1.12 bits per heavy atom. The summed E-state index contributed by atoms with van der Waals surface area (Å²) in [7, 11) is 0. The van der Waals surface area contributed by atoms with Crippen LogP contribution in [-0.2, 0) is 20.8 Å². The second-order valence-corrected chi connectivity index (χ2v) is 9.05. The lowest BCUT2D eigenvalue weighted by Gasteiger charge is -2.31. The molecule has 1 unspecified atom stereocenters. The van der Waals surface area contributed by atoms with Crippen LogP contribution in [0.4, 0.5) is 0 Å². The van der Waals surface area contributed by atoms with E-state index in [-0.39, 0.29) is 25.4 Å². The van der Waals surface area contributed by atoms with E-state index in [4.69, 9.17) is 16.7 Å². The van der Waals surface area contributed by atoms with Crippen molar-refractivity contribution in [2.24, 2.45) is 5.92 Å². The van der Waals surface area contributed by atoms with Gasteiger partial charge in [0, 0.05) is 37.2 Å². The number of carboxylic acid groups (broad SMARTS) is 1. The summed E-state index contributed by atoms with van der Waals surface area (Å²) >= 11 is 6.06. The molecule has 0 spiro atoms. The van der Waals surface area contributed by atoms with Crippen LogP contribution in [-0.4, -0.2) is 69.8 Å². The Morgan fingerprint density at radius 2 is 1.85 bits per heavy atom. The molecule has 1 fully saturated rings. The van der Waals surface area contributed by atoms with Crippen LogP contribution < -0.4 is 5.32 Å². The van der Waals surface area contributed by atoms with Crippen LogP contribution in [0.1, 0.15) is 24.8 Å². The number of nitrogens with zero attached hydrogens (tertiary/aromatic N) is 1. The van der Waals surface area contributed by atoms with Crippen molar-refractivity contribution < 1.29 is 29.7 Å². The topological polar surface area (TPSA) is 127 Å². The van der Waals surface area contributed by atoms with Crippen LogP contribution in [0.5, 0.6) is 0 Å². The zero-order valence-corrected chi connectivity index (χ0v) is 19.4. The number of aliphatic carboxylic acids is 1. The maximum atomic E-state index is 12.7. The number of carboxylic acids is 1. The molecule has 3 atom stereocenters. The first kappa shape index (κ1) is 25.7. The highest BCUT2D eigenvalue weighted by atomic mass is 35.5. The standard InChI is InChI=1S/C25H29ClN2O6/c26-20-5-1-4-19(12-20)18-8-6-16(7-9-18)11-21(13-22(30)25(33)34)27-23(31)24(32)28-10-2-3-17(14-28)15-29/h1,4-9,12,17,21-22,29-30H,2-3,10-11,13-15H2,(H,27,31)(H,33,34)/t17?,21-,22-/m1/s1. The van der Waals surface area contributed by atoms with Gasteiger partial charge in [0.05, 0.1) is 0 Å². The average Bonchev–Trinajstić information content (AvgIpc) is 2.83. The Labute approximate surface area is 203 Å². The minimum absolute atomic E-state index is 0.0516. The number of aliphatic hydroxyl groups excluding tert-OH is 2. The molecule has 8 nitrogen and oxygen atoms in total. The highest BCUT2D eigenvalue weighted by Gasteiger charge is 2.30. The minimum atomic E-state index is -1.68. The smallest absolute Gasteiger partial charge is 0.332 e. The van der Waals surface area contributed by atoms with Crippen LogP contribution in [0.15, 0.2) is 48.5 Å². The second-order valence-electron chi connectivity index (χ2n) is 8.61. The van der Waals surface area contributed by atoms with Gasteiger partial charge in [0.25, 0.3) is 0 Å². The summed E-state index contributed by atoms with van der Waals surface area (Å²) in [5.41, 5.74) is 2.69. The Bertz CT molecular complexity index is 1010. The molecule has 1 aliphatic heterocycles. The van der Waals surface area contributed by atoms with Crippen LogP contribution in [0.3, 0.4) is 0 Å². The molecule has 0 aliphatic carbocycles. The number of carbonyl (C=O) groups is 3. The number of piperidine rings is 1. The van der Waals surface area contributed by atoms with E-state index in [0.29, 0.717) is 24.5 Å². The number of aliphatic hydroxyl groups is 2. The maximum Gasteiger partial charge on any atom is 0.332 e. The molecule has 2 amide bonds. The van der Waals surface area contributed by atoms with E-state index in [0.717, 1.165) is 23.1 Å². The molecule has 0 saturated carbocycles. The number of carbonyl (C=O) groups excluding carboxylic acids is 2. The lowest BCUT2D eigenvalue weighted by molar-refractivity contribution is -0.149. The molecule has 2 aromatic carbocycles. The quantitative estimate of drug-likeness (QED) is 0.421. The number of rotatable bonds is 8. The molecule has 3 rings (SSSR count). The maximum absolute atomic E-state index is 12.7. The first-order chi connectivity index (χ1) is 16.3.